The summed E-state index contributed by atoms with van der Waals surface area (Å²) < 4.78 is 150. The molecule has 0 saturated heterocycles. The molecule has 1 fully saturated rings. The van der Waals surface area contributed by atoms with Crippen LogP contribution in [0.25, 0.3) is 0 Å². The molecule has 7 atom stereocenters. The van der Waals surface area contributed by atoms with Crippen LogP contribution in [-0.4, -0.2) is 36.8 Å². The van der Waals surface area contributed by atoms with Crippen LogP contribution in [-0.2, 0) is 48.2 Å². The van der Waals surface area contributed by atoms with Gasteiger partial charge in [-0.3, -0.25) is 17.5 Å². The monoisotopic (exact) mass is 622 g/mol. The van der Waals surface area contributed by atoms with E-state index in [1.807, 2.05) is 0 Å². The van der Waals surface area contributed by atoms with Gasteiger partial charge in [0.2, 0.25) is 0 Å². The van der Waals surface area contributed by atoms with E-state index >= 15 is 0 Å². The lowest BCUT2D eigenvalue weighted by Crippen LogP contribution is -2.42. The van der Waals surface area contributed by atoms with E-state index in [0.717, 1.165) is 12.1 Å². The minimum atomic E-state index is -5.06. The fraction of sp³-hybridized carbons (Fsp3) is 0.500. The summed E-state index contributed by atoms with van der Waals surface area (Å²) in [6.45, 7) is 0.612. The Kier molecular flexibility index (Phi) is 10.9. The van der Waals surface area contributed by atoms with Gasteiger partial charge in [-0.1, -0.05) is 12.1 Å². The molecular formula is C24H25F7O7S2. The van der Waals surface area contributed by atoms with Gasteiger partial charge in [0.1, 0.15) is 5.82 Å². The molecule has 0 heterocycles. The zero-order chi connectivity index (χ0) is 29.8. The molecule has 1 saturated carbocycles. The highest BCUT2D eigenvalue weighted by atomic mass is 32.2. The predicted octanol–water partition coefficient (Wildman–Crippen LogP) is 6.43. The molecule has 0 spiro atoms. The largest absolute Gasteiger partial charge is 0.416 e. The van der Waals surface area contributed by atoms with Crippen LogP contribution in [0.2, 0.25) is 0 Å². The maximum atomic E-state index is 13.7. The molecule has 1 aliphatic carbocycles. The fourth-order valence-corrected chi connectivity index (χ4v) is 5.49. The van der Waals surface area contributed by atoms with Crippen LogP contribution in [0.5, 0.6) is 0 Å². The molecule has 0 aromatic heterocycles. The SMILES string of the molecule is C[C@@H](O[C@H]1CC[C@H](COS(=O)O)[C@@H](COS(=O)O)[C@@H]1c1ccc(F)cc1)c1cc(C(F)(F)F)cc(C(F)(F)F)c1. The number of alkyl halides is 6. The third-order valence-corrected chi connectivity index (χ3v) is 7.42. The van der Waals surface area contributed by atoms with Crippen molar-refractivity contribution in [3.05, 3.63) is 70.5 Å². The first-order valence-corrected chi connectivity index (χ1v) is 13.8. The third kappa shape index (κ3) is 8.77. The van der Waals surface area contributed by atoms with Crippen molar-refractivity contribution in [1.82, 2.24) is 0 Å². The van der Waals surface area contributed by atoms with Gasteiger partial charge in [0.25, 0.3) is 0 Å². The standard InChI is InChI=1S/C24H25F7O7S2/c1-13(16-8-17(23(26,27)28)10-18(9-16)24(29,30)31)38-21-7-4-15(11-36-39(32)33)20(12-37-40(34)35)22(21)14-2-5-19(25)6-3-14/h2-3,5-6,8-10,13,15,20-22H,4,7,11-12H2,1H3,(H,32,33)(H,34,35)/t13-,15-,20-,21+,22+/m1/s1. The van der Waals surface area contributed by atoms with E-state index in [4.69, 9.17) is 17.7 Å². The summed E-state index contributed by atoms with van der Waals surface area (Å²) in [7, 11) is 0. The molecule has 2 N–H and O–H groups in total. The molecule has 16 heteroatoms. The van der Waals surface area contributed by atoms with E-state index in [1.165, 1.54) is 19.1 Å². The number of benzene rings is 2. The second-order valence-corrected chi connectivity index (χ2v) is 10.6. The van der Waals surface area contributed by atoms with Gasteiger partial charge in [0.15, 0.2) is 0 Å². The van der Waals surface area contributed by atoms with Gasteiger partial charge in [-0.05, 0) is 73.1 Å². The average Bonchev–Trinajstić information content (AvgIpc) is 2.85. The highest BCUT2D eigenvalue weighted by molar-refractivity contribution is 7.74. The molecule has 2 aromatic rings. The minimum absolute atomic E-state index is 0.0101. The zero-order valence-electron chi connectivity index (χ0n) is 20.7. The Bertz CT molecular complexity index is 1160. The molecular weight excluding hydrogens is 597 g/mol. The van der Waals surface area contributed by atoms with E-state index < -0.39 is 88.6 Å². The van der Waals surface area contributed by atoms with Crippen molar-refractivity contribution in [2.24, 2.45) is 11.8 Å². The fourth-order valence-electron chi connectivity index (χ4n) is 4.92. The van der Waals surface area contributed by atoms with Crippen LogP contribution < -0.4 is 0 Å². The molecule has 7 nitrogen and oxygen atoms in total. The summed E-state index contributed by atoms with van der Waals surface area (Å²) in [6.07, 6.45) is -11.9. The molecule has 0 bridgehead atoms. The van der Waals surface area contributed by atoms with Crippen LogP contribution in [0.4, 0.5) is 30.7 Å². The Morgan fingerprint density at radius 1 is 0.875 bits per heavy atom. The summed E-state index contributed by atoms with van der Waals surface area (Å²) in [5.41, 5.74) is -2.95. The summed E-state index contributed by atoms with van der Waals surface area (Å²) in [6, 6.07) is 6.19. The average molecular weight is 623 g/mol. The Morgan fingerprint density at radius 3 is 1.90 bits per heavy atom. The van der Waals surface area contributed by atoms with Gasteiger partial charge in [-0.2, -0.15) is 34.8 Å². The van der Waals surface area contributed by atoms with Crippen molar-refractivity contribution < 1.29 is 61.4 Å². The van der Waals surface area contributed by atoms with E-state index in [1.54, 1.807) is 0 Å². The molecule has 2 aromatic carbocycles. The van der Waals surface area contributed by atoms with E-state index in [-0.39, 0.29) is 31.1 Å². The van der Waals surface area contributed by atoms with Crippen molar-refractivity contribution in [2.75, 3.05) is 13.2 Å². The van der Waals surface area contributed by atoms with Crippen LogP contribution in [0.3, 0.4) is 0 Å². The topological polar surface area (TPSA) is 102 Å². The normalized spacial score (nSPS) is 24.4. The Balaban J connectivity index is 2.01. The molecule has 40 heavy (non-hydrogen) atoms. The second-order valence-electron chi connectivity index (χ2n) is 9.24. The minimum Gasteiger partial charge on any atom is -0.370 e. The van der Waals surface area contributed by atoms with Crippen molar-refractivity contribution in [1.29, 1.82) is 0 Å². The van der Waals surface area contributed by atoms with Crippen molar-refractivity contribution >= 4 is 22.7 Å². The number of ether oxygens (including phenoxy) is 1. The Labute approximate surface area is 230 Å². The van der Waals surface area contributed by atoms with Gasteiger partial charge in [0, 0.05) is 5.92 Å². The van der Waals surface area contributed by atoms with Crippen molar-refractivity contribution in [3.63, 3.8) is 0 Å². The van der Waals surface area contributed by atoms with Gasteiger partial charge >= 0.3 is 35.1 Å². The quantitative estimate of drug-likeness (QED) is 0.233. The van der Waals surface area contributed by atoms with E-state index in [0.29, 0.717) is 17.7 Å². The van der Waals surface area contributed by atoms with Crippen LogP contribution in [0.1, 0.15) is 54.0 Å². The molecule has 3 rings (SSSR count). The lowest BCUT2D eigenvalue weighted by atomic mass is 9.68. The lowest BCUT2D eigenvalue weighted by molar-refractivity contribution is -0.143. The molecule has 0 aliphatic heterocycles. The highest BCUT2D eigenvalue weighted by Gasteiger charge is 2.43. The Hall–Kier alpha value is -1.95. The summed E-state index contributed by atoms with van der Waals surface area (Å²) >= 11 is -5.34. The van der Waals surface area contributed by atoms with Gasteiger partial charge < -0.3 is 4.74 Å². The second kappa shape index (κ2) is 13.4. The predicted molar refractivity (Wildman–Crippen MR) is 129 cm³/mol. The molecule has 1 aliphatic rings. The smallest absolute Gasteiger partial charge is 0.370 e. The molecule has 2 unspecified atom stereocenters. The first-order valence-electron chi connectivity index (χ1n) is 11.7. The van der Waals surface area contributed by atoms with E-state index in [9.17, 15) is 43.7 Å². The number of hydrogen-bond acceptors (Lipinski definition) is 5. The zero-order valence-corrected chi connectivity index (χ0v) is 22.3. The van der Waals surface area contributed by atoms with Crippen LogP contribution in [0.15, 0.2) is 42.5 Å². The van der Waals surface area contributed by atoms with Crippen LogP contribution in [0, 0.1) is 17.7 Å². The van der Waals surface area contributed by atoms with Gasteiger partial charge in [0.05, 0.1) is 36.5 Å². The number of halogens is 7. The molecule has 224 valence electrons. The Morgan fingerprint density at radius 2 is 1.40 bits per heavy atom. The van der Waals surface area contributed by atoms with Gasteiger partial charge in [-0.25, -0.2) is 4.39 Å². The number of rotatable bonds is 10. The summed E-state index contributed by atoms with van der Waals surface area (Å²) in [5.74, 6) is -2.67. The van der Waals surface area contributed by atoms with E-state index in [2.05, 4.69) is 0 Å². The first kappa shape index (κ1) is 32.6. The highest BCUT2D eigenvalue weighted by Crippen LogP contribution is 2.46. The number of hydrogen-bond donors (Lipinski definition) is 2. The summed E-state index contributed by atoms with van der Waals surface area (Å²) in [5, 5.41) is 0. The van der Waals surface area contributed by atoms with Crippen molar-refractivity contribution in [2.45, 2.75) is 50.2 Å². The third-order valence-electron chi connectivity index (χ3n) is 6.75. The first-order chi connectivity index (χ1) is 18.6. The molecule has 0 amide bonds. The lowest BCUT2D eigenvalue weighted by Gasteiger charge is -2.43. The maximum absolute atomic E-state index is 13.7. The van der Waals surface area contributed by atoms with Crippen LogP contribution >= 0.6 is 0 Å². The van der Waals surface area contributed by atoms with Crippen molar-refractivity contribution in [3.8, 4) is 0 Å². The molecule has 0 radical (unpaired) electrons. The van der Waals surface area contributed by atoms with Gasteiger partial charge in [-0.15, -0.1) is 0 Å². The summed E-state index contributed by atoms with van der Waals surface area (Å²) in [4.78, 5) is 0. The maximum Gasteiger partial charge on any atom is 0.416 e.